The van der Waals surface area contributed by atoms with Gasteiger partial charge in [0.25, 0.3) is 0 Å². The molecule has 0 heterocycles. The van der Waals surface area contributed by atoms with Crippen molar-refractivity contribution in [2.45, 2.75) is 6.92 Å². The van der Waals surface area contributed by atoms with E-state index in [1.54, 1.807) is 25.1 Å². The number of carbonyl (C=O) groups excluding carboxylic acids is 1. The number of nitrogens with two attached hydrogens (primary N) is 1. The van der Waals surface area contributed by atoms with E-state index in [4.69, 9.17) is 5.73 Å². The molecule has 0 aliphatic carbocycles. The zero-order chi connectivity index (χ0) is 13.3. The molecule has 0 unspecified atom stereocenters. The van der Waals surface area contributed by atoms with Crippen LogP contribution in [0.3, 0.4) is 0 Å². The fourth-order valence-corrected chi connectivity index (χ4v) is 2.09. The van der Waals surface area contributed by atoms with Crippen LogP contribution in [-0.4, -0.2) is 5.78 Å². The van der Waals surface area contributed by atoms with Gasteiger partial charge >= 0.3 is 0 Å². The molecule has 2 N–H and O–H groups in total. The molecule has 0 aliphatic heterocycles. The molecule has 2 aromatic rings. The van der Waals surface area contributed by atoms with Gasteiger partial charge in [0.15, 0.2) is 5.78 Å². The number of carbonyl (C=O) groups is 1. The van der Waals surface area contributed by atoms with E-state index in [2.05, 4.69) is 15.9 Å². The predicted molar refractivity (Wildman–Crippen MR) is 73.1 cm³/mol. The first-order chi connectivity index (χ1) is 8.49. The Morgan fingerprint density at radius 3 is 2.61 bits per heavy atom. The molecule has 2 aromatic carbocycles. The van der Waals surface area contributed by atoms with E-state index >= 15 is 0 Å². The Hall–Kier alpha value is -1.68. The molecule has 4 heteroatoms. The van der Waals surface area contributed by atoms with Gasteiger partial charge in [-0.05, 0) is 48.9 Å². The highest BCUT2D eigenvalue weighted by atomic mass is 79.9. The Labute approximate surface area is 113 Å². The summed E-state index contributed by atoms with van der Waals surface area (Å²) in [5.41, 5.74) is 7.54. The van der Waals surface area contributed by atoms with Gasteiger partial charge in [-0.2, -0.15) is 0 Å². The second-order valence-corrected chi connectivity index (χ2v) is 4.89. The van der Waals surface area contributed by atoms with E-state index in [0.717, 1.165) is 0 Å². The van der Waals surface area contributed by atoms with Crippen LogP contribution < -0.4 is 5.73 Å². The van der Waals surface area contributed by atoms with Crippen LogP contribution in [0.15, 0.2) is 40.9 Å². The Balaban J connectivity index is 2.47. The topological polar surface area (TPSA) is 43.1 Å². The molecule has 0 radical (unpaired) electrons. The van der Waals surface area contributed by atoms with Gasteiger partial charge in [-0.25, -0.2) is 4.39 Å². The van der Waals surface area contributed by atoms with Gasteiger partial charge in [-0.15, -0.1) is 0 Å². The summed E-state index contributed by atoms with van der Waals surface area (Å²) in [4.78, 5) is 12.3. The molecule has 0 saturated heterocycles. The molecule has 0 bridgehead atoms. The standard InChI is InChI=1S/C14H11BrFNO/c1-8-6-9(2-5-13(8)16)14(18)11-7-10(17)3-4-12(11)15/h2-7H,17H2,1H3. The molecule has 0 aromatic heterocycles. The maximum absolute atomic E-state index is 13.2. The van der Waals surface area contributed by atoms with E-state index in [1.165, 1.54) is 18.2 Å². The van der Waals surface area contributed by atoms with E-state index in [0.29, 0.717) is 26.9 Å². The summed E-state index contributed by atoms with van der Waals surface area (Å²) in [5.74, 6) is -0.504. The normalized spacial score (nSPS) is 10.4. The highest BCUT2D eigenvalue weighted by molar-refractivity contribution is 9.10. The van der Waals surface area contributed by atoms with Crippen molar-refractivity contribution in [2.75, 3.05) is 5.73 Å². The number of benzene rings is 2. The lowest BCUT2D eigenvalue weighted by molar-refractivity contribution is 0.103. The summed E-state index contributed by atoms with van der Waals surface area (Å²) < 4.78 is 13.8. The number of hydrogen-bond donors (Lipinski definition) is 1. The van der Waals surface area contributed by atoms with Gasteiger partial charge < -0.3 is 5.73 Å². The fourth-order valence-electron chi connectivity index (χ4n) is 1.66. The zero-order valence-electron chi connectivity index (χ0n) is 9.71. The van der Waals surface area contributed by atoms with Gasteiger partial charge in [-0.3, -0.25) is 4.79 Å². The SMILES string of the molecule is Cc1cc(C(=O)c2cc(N)ccc2Br)ccc1F. The largest absolute Gasteiger partial charge is 0.399 e. The van der Waals surface area contributed by atoms with Crippen LogP contribution in [0.2, 0.25) is 0 Å². The lowest BCUT2D eigenvalue weighted by atomic mass is 10.0. The Kier molecular flexibility index (Phi) is 3.48. The Morgan fingerprint density at radius 2 is 1.94 bits per heavy atom. The summed E-state index contributed by atoms with van der Waals surface area (Å²) in [5, 5.41) is 0. The molecule has 2 rings (SSSR count). The van der Waals surface area contributed by atoms with Crippen molar-refractivity contribution < 1.29 is 9.18 Å². The number of halogens is 2. The summed E-state index contributed by atoms with van der Waals surface area (Å²) in [6.45, 7) is 1.63. The average Bonchev–Trinajstić information content (AvgIpc) is 2.35. The molecule has 92 valence electrons. The summed E-state index contributed by atoms with van der Waals surface area (Å²) >= 11 is 3.31. The molecule has 0 fully saturated rings. The van der Waals surface area contributed by atoms with Gasteiger partial charge in [-0.1, -0.05) is 15.9 Å². The minimum atomic E-state index is -0.321. The molecule has 0 spiro atoms. The summed E-state index contributed by atoms with van der Waals surface area (Å²) in [6, 6.07) is 9.33. The van der Waals surface area contributed by atoms with Crippen molar-refractivity contribution in [1.29, 1.82) is 0 Å². The maximum Gasteiger partial charge on any atom is 0.194 e. The molecular weight excluding hydrogens is 297 g/mol. The van der Waals surface area contributed by atoms with E-state index < -0.39 is 0 Å². The molecule has 2 nitrogen and oxygen atoms in total. The van der Waals surface area contributed by atoms with E-state index in [9.17, 15) is 9.18 Å². The van der Waals surface area contributed by atoms with Crippen molar-refractivity contribution in [3.05, 3.63) is 63.4 Å². The average molecular weight is 308 g/mol. The molecular formula is C14H11BrFNO. The van der Waals surface area contributed by atoms with Crippen LogP contribution >= 0.6 is 15.9 Å². The highest BCUT2D eigenvalue weighted by Gasteiger charge is 2.14. The second-order valence-electron chi connectivity index (χ2n) is 4.03. The predicted octanol–water partition coefficient (Wildman–Crippen LogP) is 3.71. The lowest BCUT2D eigenvalue weighted by Gasteiger charge is -2.06. The van der Waals surface area contributed by atoms with Crippen molar-refractivity contribution in [1.82, 2.24) is 0 Å². The van der Waals surface area contributed by atoms with Crippen LogP contribution in [0.1, 0.15) is 21.5 Å². The Bertz CT molecular complexity index is 625. The third kappa shape index (κ3) is 2.43. The molecule has 0 saturated carbocycles. The fraction of sp³-hybridized carbons (Fsp3) is 0.0714. The minimum Gasteiger partial charge on any atom is -0.399 e. The van der Waals surface area contributed by atoms with E-state index in [1.807, 2.05) is 0 Å². The minimum absolute atomic E-state index is 0.183. The molecule has 0 amide bonds. The van der Waals surface area contributed by atoms with Crippen molar-refractivity contribution in [3.63, 3.8) is 0 Å². The first kappa shape index (κ1) is 12.8. The van der Waals surface area contributed by atoms with Crippen LogP contribution in [-0.2, 0) is 0 Å². The second kappa shape index (κ2) is 4.90. The number of ketones is 1. The van der Waals surface area contributed by atoms with Gasteiger partial charge in [0.05, 0.1) is 0 Å². The van der Waals surface area contributed by atoms with Crippen molar-refractivity contribution in [3.8, 4) is 0 Å². The quantitative estimate of drug-likeness (QED) is 0.679. The maximum atomic E-state index is 13.2. The van der Waals surface area contributed by atoms with Crippen LogP contribution in [0, 0.1) is 12.7 Å². The summed E-state index contributed by atoms with van der Waals surface area (Å²) in [6.07, 6.45) is 0. The molecule has 0 aliphatic rings. The van der Waals surface area contributed by atoms with Crippen molar-refractivity contribution >= 4 is 27.4 Å². The third-order valence-corrected chi connectivity index (χ3v) is 3.35. The molecule has 18 heavy (non-hydrogen) atoms. The number of rotatable bonds is 2. The highest BCUT2D eigenvalue weighted by Crippen LogP contribution is 2.23. The lowest BCUT2D eigenvalue weighted by Crippen LogP contribution is -2.04. The zero-order valence-corrected chi connectivity index (χ0v) is 11.3. The van der Waals surface area contributed by atoms with Crippen molar-refractivity contribution in [2.24, 2.45) is 0 Å². The Morgan fingerprint density at radius 1 is 1.22 bits per heavy atom. The summed E-state index contributed by atoms with van der Waals surface area (Å²) in [7, 11) is 0. The number of aryl methyl sites for hydroxylation is 1. The van der Waals surface area contributed by atoms with Gasteiger partial charge in [0, 0.05) is 21.3 Å². The van der Waals surface area contributed by atoms with Crippen LogP contribution in [0.25, 0.3) is 0 Å². The van der Waals surface area contributed by atoms with Crippen LogP contribution in [0.5, 0.6) is 0 Å². The molecule has 0 atom stereocenters. The number of anilines is 1. The number of nitrogen functional groups attached to an aromatic ring is 1. The van der Waals surface area contributed by atoms with E-state index in [-0.39, 0.29) is 11.6 Å². The van der Waals surface area contributed by atoms with Crippen LogP contribution in [0.4, 0.5) is 10.1 Å². The van der Waals surface area contributed by atoms with Gasteiger partial charge in [0.1, 0.15) is 5.82 Å². The first-order valence-corrected chi connectivity index (χ1v) is 6.14. The smallest absolute Gasteiger partial charge is 0.194 e. The monoisotopic (exact) mass is 307 g/mol. The van der Waals surface area contributed by atoms with Gasteiger partial charge in [0.2, 0.25) is 0 Å². The first-order valence-electron chi connectivity index (χ1n) is 5.35. The third-order valence-electron chi connectivity index (χ3n) is 2.66. The number of hydrogen-bond acceptors (Lipinski definition) is 2.